The van der Waals surface area contributed by atoms with Crippen molar-refractivity contribution in [3.05, 3.63) is 87.9 Å². The summed E-state index contributed by atoms with van der Waals surface area (Å²) in [6.07, 6.45) is 3.10. The van der Waals surface area contributed by atoms with Crippen LogP contribution < -0.4 is 26.2 Å². The Morgan fingerprint density at radius 1 is 1.22 bits per heavy atom. The van der Waals surface area contributed by atoms with Crippen LogP contribution in [0.3, 0.4) is 0 Å². The van der Waals surface area contributed by atoms with Crippen molar-refractivity contribution in [2.45, 2.75) is 12.5 Å². The maximum atomic E-state index is 12.8. The predicted molar refractivity (Wildman–Crippen MR) is 132 cm³/mol. The van der Waals surface area contributed by atoms with E-state index in [4.69, 9.17) is 20.6 Å². The summed E-state index contributed by atoms with van der Waals surface area (Å²) in [6.45, 7) is 0. The normalized spacial score (nSPS) is 11.4. The molecule has 0 aliphatic heterocycles. The fourth-order valence-corrected chi connectivity index (χ4v) is 3.68. The van der Waals surface area contributed by atoms with Crippen molar-refractivity contribution in [1.82, 2.24) is 24.7 Å². The number of benzene rings is 2. The number of aromatic nitrogens is 5. The van der Waals surface area contributed by atoms with Crippen LogP contribution in [0.4, 0.5) is 5.69 Å². The first kappa shape index (κ1) is 24.0. The number of nitrogens with zero attached hydrogens (tertiary/aromatic N) is 5. The summed E-state index contributed by atoms with van der Waals surface area (Å²) in [5, 5.41) is 24.8. The highest BCUT2D eigenvalue weighted by molar-refractivity contribution is 5.95. The number of nitrogens with one attached hydrogen (secondary N) is 3. The lowest BCUT2D eigenvalue weighted by Crippen LogP contribution is -2.18. The number of nitrogen functional groups attached to an aromatic ring is 1. The second-order valence-electron chi connectivity index (χ2n) is 7.59. The number of amidine groups is 1. The molecule has 0 bridgehead atoms. The first-order valence-electron chi connectivity index (χ1n) is 10.7. The minimum atomic E-state index is -0.678. The van der Waals surface area contributed by atoms with Gasteiger partial charge in [-0.2, -0.15) is 5.26 Å². The summed E-state index contributed by atoms with van der Waals surface area (Å²) in [5.74, 6) is 1.21. The second-order valence-corrected chi connectivity index (χ2v) is 7.59. The van der Waals surface area contributed by atoms with E-state index in [9.17, 15) is 10.1 Å². The predicted octanol–water partition coefficient (Wildman–Crippen LogP) is 1.92. The Labute approximate surface area is 205 Å². The molecular formula is C24H23N9O3. The molecule has 0 aliphatic rings. The lowest BCUT2D eigenvalue weighted by molar-refractivity contribution is 0.352. The highest BCUT2D eigenvalue weighted by Gasteiger charge is 2.24. The van der Waals surface area contributed by atoms with E-state index in [1.807, 2.05) is 0 Å². The molecule has 4 rings (SSSR count). The number of methoxy groups -OCH3 is 2. The fraction of sp³-hybridized carbons (Fsp3) is 0.167. The van der Waals surface area contributed by atoms with Crippen LogP contribution in [0.2, 0.25) is 0 Å². The summed E-state index contributed by atoms with van der Waals surface area (Å²) < 4.78 is 12.1. The summed E-state index contributed by atoms with van der Waals surface area (Å²) in [7, 11) is 3.01. The largest absolute Gasteiger partial charge is 0.493 e. The molecule has 0 saturated heterocycles. The Balaban J connectivity index is 1.85. The van der Waals surface area contributed by atoms with Crippen molar-refractivity contribution >= 4 is 11.5 Å². The zero-order valence-electron chi connectivity index (χ0n) is 19.5. The quantitative estimate of drug-likeness (QED) is 0.203. The van der Waals surface area contributed by atoms with Crippen LogP contribution in [0, 0.1) is 16.7 Å². The molecule has 12 heteroatoms. The molecule has 0 amide bonds. The van der Waals surface area contributed by atoms with E-state index in [0.29, 0.717) is 33.9 Å². The number of aromatic amines is 1. The molecule has 2 aromatic heterocycles. The first-order valence-corrected chi connectivity index (χ1v) is 10.7. The van der Waals surface area contributed by atoms with Crippen LogP contribution >= 0.6 is 0 Å². The molecule has 0 fully saturated rings. The number of nitriles is 1. The number of nitrogens with two attached hydrogens (primary N) is 1. The average Bonchev–Trinajstić information content (AvgIpc) is 3.28. The number of anilines is 1. The topological polar surface area (TPSA) is 181 Å². The Kier molecular flexibility index (Phi) is 6.92. The third-order valence-corrected chi connectivity index (χ3v) is 5.34. The van der Waals surface area contributed by atoms with Gasteiger partial charge in [0.2, 0.25) is 0 Å². The molecule has 0 spiro atoms. The van der Waals surface area contributed by atoms with Crippen molar-refractivity contribution in [1.29, 1.82) is 10.7 Å². The van der Waals surface area contributed by atoms with E-state index in [1.165, 1.54) is 26.6 Å². The molecular weight excluding hydrogens is 462 g/mol. The Morgan fingerprint density at radius 3 is 2.56 bits per heavy atom. The van der Waals surface area contributed by atoms with Crippen LogP contribution in [0.1, 0.15) is 28.6 Å². The third-order valence-electron chi connectivity index (χ3n) is 5.34. The first-order chi connectivity index (χ1) is 17.4. The van der Waals surface area contributed by atoms with Crippen molar-refractivity contribution < 1.29 is 9.47 Å². The van der Waals surface area contributed by atoms with Gasteiger partial charge in [-0.25, -0.2) is 14.8 Å². The minimum Gasteiger partial charge on any atom is -0.493 e. The van der Waals surface area contributed by atoms with Crippen LogP contribution in [0.25, 0.3) is 5.95 Å². The molecule has 0 unspecified atom stereocenters. The molecule has 2 aromatic carbocycles. The van der Waals surface area contributed by atoms with Gasteiger partial charge in [0, 0.05) is 29.2 Å². The summed E-state index contributed by atoms with van der Waals surface area (Å²) in [5.41, 5.74) is 7.56. The molecule has 182 valence electrons. The maximum absolute atomic E-state index is 12.8. The summed E-state index contributed by atoms with van der Waals surface area (Å²) in [4.78, 5) is 23.7. The van der Waals surface area contributed by atoms with Gasteiger partial charge < -0.3 is 20.5 Å². The van der Waals surface area contributed by atoms with Crippen LogP contribution in [0.5, 0.6) is 11.5 Å². The lowest BCUT2D eigenvalue weighted by Gasteiger charge is -2.21. The Hall–Kier alpha value is -5.18. The van der Waals surface area contributed by atoms with E-state index >= 15 is 0 Å². The van der Waals surface area contributed by atoms with Gasteiger partial charge in [-0.05, 0) is 48.0 Å². The molecule has 12 nitrogen and oxygen atoms in total. The smallest absolute Gasteiger partial charge is 0.350 e. The van der Waals surface area contributed by atoms with E-state index in [2.05, 4.69) is 31.4 Å². The average molecular weight is 486 g/mol. The lowest BCUT2D eigenvalue weighted by atomic mass is 9.99. The van der Waals surface area contributed by atoms with Crippen LogP contribution in [0.15, 0.2) is 59.7 Å². The molecule has 5 N–H and O–H groups in total. The summed E-state index contributed by atoms with van der Waals surface area (Å²) in [6, 6.07) is 13.6. The molecule has 0 saturated carbocycles. The summed E-state index contributed by atoms with van der Waals surface area (Å²) >= 11 is 0. The van der Waals surface area contributed by atoms with E-state index in [0.717, 1.165) is 4.68 Å². The van der Waals surface area contributed by atoms with Gasteiger partial charge in [-0.15, -0.1) is 9.78 Å². The van der Waals surface area contributed by atoms with Crippen molar-refractivity contribution in [2.75, 3.05) is 19.5 Å². The van der Waals surface area contributed by atoms with Gasteiger partial charge in [0.25, 0.3) is 5.95 Å². The van der Waals surface area contributed by atoms with Gasteiger partial charge in [0.05, 0.1) is 26.7 Å². The Morgan fingerprint density at radius 2 is 1.94 bits per heavy atom. The fourth-order valence-electron chi connectivity index (χ4n) is 3.68. The standard InChI is InChI=1S/C24H23N9O3/c1-35-18-13-16(12-15(8-9-25)20(18)36-2)19(30-17-6-4-14(5-7-17)21(26)27)22-31-24(34)33(32-22)23-28-10-3-11-29-23/h3-7,10-13,19,30H,8H2,1-2H3,(H3,26,27)(H,31,32,34)/t19-/m0/s1. The zero-order valence-corrected chi connectivity index (χ0v) is 19.5. The van der Waals surface area contributed by atoms with Crippen molar-refractivity contribution in [2.24, 2.45) is 5.73 Å². The molecule has 0 aliphatic carbocycles. The maximum Gasteiger partial charge on any atom is 0.350 e. The highest BCUT2D eigenvalue weighted by Crippen LogP contribution is 2.37. The van der Waals surface area contributed by atoms with E-state index in [1.54, 1.807) is 42.5 Å². The van der Waals surface area contributed by atoms with E-state index in [-0.39, 0.29) is 24.0 Å². The number of rotatable bonds is 9. The zero-order chi connectivity index (χ0) is 25.7. The molecule has 1 atom stereocenters. The number of ether oxygens (including phenoxy) is 2. The van der Waals surface area contributed by atoms with Gasteiger partial charge in [-0.1, -0.05) is 0 Å². The SMILES string of the molecule is COc1cc([C@H](Nc2ccc(C(=N)N)cc2)c2nn(-c3ncccn3)c(=O)[nH]2)cc(CC#N)c1OC. The van der Waals surface area contributed by atoms with E-state index < -0.39 is 11.7 Å². The van der Waals surface area contributed by atoms with Gasteiger partial charge >= 0.3 is 5.69 Å². The molecule has 0 radical (unpaired) electrons. The molecule has 36 heavy (non-hydrogen) atoms. The van der Waals surface area contributed by atoms with Crippen LogP contribution in [-0.4, -0.2) is 44.8 Å². The van der Waals surface area contributed by atoms with Gasteiger partial charge in [0.15, 0.2) is 17.3 Å². The third kappa shape index (κ3) is 4.85. The molecule has 2 heterocycles. The monoisotopic (exact) mass is 485 g/mol. The van der Waals surface area contributed by atoms with Gasteiger partial charge in [0.1, 0.15) is 11.9 Å². The van der Waals surface area contributed by atoms with Crippen molar-refractivity contribution in [3.63, 3.8) is 0 Å². The highest BCUT2D eigenvalue weighted by atomic mass is 16.5. The number of H-pyrrole nitrogens is 1. The van der Waals surface area contributed by atoms with Crippen LogP contribution in [-0.2, 0) is 6.42 Å². The number of hydrogen-bond donors (Lipinski definition) is 4. The Bertz CT molecular complexity index is 1470. The second kappa shape index (κ2) is 10.4. The minimum absolute atomic E-state index is 0.0509. The van der Waals surface area contributed by atoms with Gasteiger partial charge in [-0.3, -0.25) is 10.4 Å². The number of hydrogen-bond acceptors (Lipinski definition) is 9. The van der Waals surface area contributed by atoms with Crippen molar-refractivity contribution in [3.8, 4) is 23.5 Å². The molecule has 4 aromatic rings.